The van der Waals surface area contributed by atoms with Gasteiger partial charge in [0.1, 0.15) is 11.9 Å². The normalized spacial score (nSPS) is 19.5. The second kappa shape index (κ2) is 4.33. The summed E-state index contributed by atoms with van der Waals surface area (Å²) in [7, 11) is 1.63. The maximum atomic E-state index is 10.8. The monoisotopic (exact) mass is 270 g/mol. The van der Waals surface area contributed by atoms with Crippen molar-refractivity contribution < 1.29 is 14.3 Å². The first kappa shape index (κ1) is 10.6. The Morgan fingerprint density at radius 2 is 2.40 bits per heavy atom. The van der Waals surface area contributed by atoms with Gasteiger partial charge in [0, 0.05) is 5.56 Å². The van der Waals surface area contributed by atoms with Crippen LogP contribution in [0.5, 0.6) is 5.75 Å². The number of methoxy groups -OCH3 is 1. The maximum absolute atomic E-state index is 10.8. The number of fused-ring (bicyclic) bond motifs is 1. The fourth-order valence-electron chi connectivity index (χ4n) is 1.85. The number of hydrogen-bond acceptors (Lipinski definition) is 3. The third-order valence-electron chi connectivity index (χ3n) is 2.53. The SMILES string of the molecule is COc1c(Br)ccc2c1CCO[C@@H]2C=O. The molecule has 0 bridgehead atoms. The van der Waals surface area contributed by atoms with Crippen LogP contribution >= 0.6 is 15.9 Å². The first-order valence-corrected chi connectivity index (χ1v) is 5.49. The van der Waals surface area contributed by atoms with Crippen LogP contribution < -0.4 is 4.74 Å². The molecule has 1 aliphatic heterocycles. The smallest absolute Gasteiger partial charge is 0.153 e. The van der Waals surface area contributed by atoms with Crippen molar-refractivity contribution in [2.75, 3.05) is 13.7 Å². The van der Waals surface area contributed by atoms with Gasteiger partial charge in [-0.05, 0) is 34.0 Å². The van der Waals surface area contributed by atoms with Crippen molar-refractivity contribution in [1.82, 2.24) is 0 Å². The van der Waals surface area contributed by atoms with E-state index in [0.29, 0.717) is 6.61 Å². The molecule has 1 aromatic carbocycles. The Balaban J connectivity index is 2.55. The van der Waals surface area contributed by atoms with Gasteiger partial charge in [0.05, 0.1) is 18.2 Å². The van der Waals surface area contributed by atoms with Crippen LogP contribution in [0.2, 0.25) is 0 Å². The molecule has 2 rings (SSSR count). The highest BCUT2D eigenvalue weighted by atomic mass is 79.9. The molecule has 0 aliphatic carbocycles. The molecule has 0 N–H and O–H groups in total. The first-order valence-electron chi connectivity index (χ1n) is 4.70. The standard InChI is InChI=1S/C11H11BrO3/c1-14-11-8-4-5-15-10(6-13)7(8)2-3-9(11)12/h2-3,6,10H,4-5H2,1H3/t10-/m1/s1. The molecule has 1 aliphatic rings. The number of carbonyl (C=O) groups is 1. The molecular weight excluding hydrogens is 260 g/mol. The highest BCUT2D eigenvalue weighted by molar-refractivity contribution is 9.10. The van der Waals surface area contributed by atoms with Gasteiger partial charge in [-0.3, -0.25) is 0 Å². The van der Waals surface area contributed by atoms with E-state index in [-0.39, 0.29) is 0 Å². The fraction of sp³-hybridized carbons (Fsp3) is 0.364. The number of hydrogen-bond donors (Lipinski definition) is 0. The van der Waals surface area contributed by atoms with Gasteiger partial charge < -0.3 is 14.3 Å². The zero-order chi connectivity index (χ0) is 10.8. The minimum Gasteiger partial charge on any atom is -0.495 e. The van der Waals surface area contributed by atoms with Crippen molar-refractivity contribution in [3.63, 3.8) is 0 Å². The summed E-state index contributed by atoms with van der Waals surface area (Å²) in [5.74, 6) is 0.808. The molecule has 4 heteroatoms. The third kappa shape index (κ3) is 1.79. The van der Waals surface area contributed by atoms with Crippen LogP contribution in [0.3, 0.4) is 0 Å². The van der Waals surface area contributed by atoms with Crippen molar-refractivity contribution >= 4 is 22.2 Å². The van der Waals surface area contributed by atoms with Crippen LogP contribution in [-0.4, -0.2) is 20.0 Å². The fourth-order valence-corrected chi connectivity index (χ4v) is 2.38. The molecular formula is C11H11BrO3. The lowest BCUT2D eigenvalue weighted by Crippen LogP contribution is -2.18. The van der Waals surface area contributed by atoms with Gasteiger partial charge >= 0.3 is 0 Å². The summed E-state index contributed by atoms with van der Waals surface area (Å²) in [5.41, 5.74) is 1.98. The second-order valence-corrected chi connectivity index (χ2v) is 4.18. The van der Waals surface area contributed by atoms with E-state index in [1.807, 2.05) is 12.1 Å². The predicted molar refractivity (Wildman–Crippen MR) is 59.2 cm³/mol. The average molecular weight is 271 g/mol. The molecule has 0 spiro atoms. The number of halogens is 1. The minimum absolute atomic E-state index is 0.448. The van der Waals surface area contributed by atoms with E-state index in [0.717, 1.165) is 34.1 Å². The molecule has 0 amide bonds. The summed E-state index contributed by atoms with van der Waals surface area (Å²) in [6.45, 7) is 0.559. The summed E-state index contributed by atoms with van der Waals surface area (Å²) >= 11 is 3.42. The van der Waals surface area contributed by atoms with Gasteiger partial charge in [-0.25, -0.2) is 0 Å². The van der Waals surface area contributed by atoms with Gasteiger partial charge in [0.2, 0.25) is 0 Å². The molecule has 0 saturated carbocycles. The molecule has 15 heavy (non-hydrogen) atoms. The molecule has 1 atom stereocenters. The van der Waals surface area contributed by atoms with Gasteiger partial charge in [0.15, 0.2) is 6.29 Å². The molecule has 0 saturated heterocycles. The Hall–Kier alpha value is -0.870. The van der Waals surface area contributed by atoms with Crippen LogP contribution in [-0.2, 0) is 16.0 Å². The molecule has 0 aromatic heterocycles. The zero-order valence-corrected chi connectivity index (χ0v) is 9.91. The summed E-state index contributed by atoms with van der Waals surface area (Å²) in [6, 6.07) is 3.78. The Labute approximate surface area is 96.5 Å². The van der Waals surface area contributed by atoms with E-state index in [1.54, 1.807) is 7.11 Å². The van der Waals surface area contributed by atoms with Crippen LogP contribution in [0.4, 0.5) is 0 Å². The van der Waals surface area contributed by atoms with E-state index in [2.05, 4.69) is 15.9 Å². The van der Waals surface area contributed by atoms with E-state index >= 15 is 0 Å². The number of rotatable bonds is 2. The molecule has 0 radical (unpaired) electrons. The molecule has 0 fully saturated rings. The highest BCUT2D eigenvalue weighted by Gasteiger charge is 2.24. The minimum atomic E-state index is -0.448. The van der Waals surface area contributed by atoms with Gasteiger partial charge in [-0.2, -0.15) is 0 Å². The Bertz CT molecular complexity index is 390. The van der Waals surface area contributed by atoms with E-state index in [4.69, 9.17) is 9.47 Å². The number of carbonyl (C=O) groups excluding carboxylic acids is 1. The highest BCUT2D eigenvalue weighted by Crippen LogP contribution is 2.37. The van der Waals surface area contributed by atoms with Crippen LogP contribution in [0.1, 0.15) is 17.2 Å². The number of benzene rings is 1. The zero-order valence-electron chi connectivity index (χ0n) is 8.33. The van der Waals surface area contributed by atoms with Gasteiger partial charge in [-0.15, -0.1) is 0 Å². The molecule has 1 aromatic rings. The quantitative estimate of drug-likeness (QED) is 0.774. The van der Waals surface area contributed by atoms with Crippen molar-refractivity contribution in [2.24, 2.45) is 0 Å². The lowest BCUT2D eigenvalue weighted by Gasteiger charge is -2.24. The largest absolute Gasteiger partial charge is 0.495 e. The van der Waals surface area contributed by atoms with E-state index in [1.165, 1.54) is 0 Å². The molecule has 3 nitrogen and oxygen atoms in total. The summed E-state index contributed by atoms with van der Waals surface area (Å²) < 4.78 is 11.6. The Kier molecular flexibility index (Phi) is 3.07. The number of aldehydes is 1. The van der Waals surface area contributed by atoms with E-state index < -0.39 is 6.10 Å². The van der Waals surface area contributed by atoms with Gasteiger partial charge in [-0.1, -0.05) is 6.07 Å². The summed E-state index contributed by atoms with van der Waals surface area (Å²) in [5, 5.41) is 0. The van der Waals surface area contributed by atoms with Crippen molar-refractivity contribution in [3.8, 4) is 5.75 Å². The maximum Gasteiger partial charge on any atom is 0.153 e. The topological polar surface area (TPSA) is 35.5 Å². The van der Waals surface area contributed by atoms with Crippen LogP contribution in [0.15, 0.2) is 16.6 Å². The third-order valence-corrected chi connectivity index (χ3v) is 3.16. The molecule has 80 valence electrons. The lowest BCUT2D eigenvalue weighted by atomic mass is 9.97. The Morgan fingerprint density at radius 1 is 1.60 bits per heavy atom. The van der Waals surface area contributed by atoms with Crippen molar-refractivity contribution in [2.45, 2.75) is 12.5 Å². The molecule has 1 heterocycles. The van der Waals surface area contributed by atoms with Crippen LogP contribution in [0.25, 0.3) is 0 Å². The Morgan fingerprint density at radius 3 is 3.07 bits per heavy atom. The predicted octanol–water partition coefficient (Wildman–Crippen LogP) is 2.27. The molecule has 0 unspecified atom stereocenters. The van der Waals surface area contributed by atoms with Crippen LogP contribution in [0, 0.1) is 0 Å². The first-order chi connectivity index (χ1) is 7.27. The van der Waals surface area contributed by atoms with Gasteiger partial charge in [0.25, 0.3) is 0 Å². The lowest BCUT2D eigenvalue weighted by molar-refractivity contribution is -0.119. The van der Waals surface area contributed by atoms with Crippen molar-refractivity contribution in [3.05, 3.63) is 27.7 Å². The van der Waals surface area contributed by atoms with Crippen molar-refractivity contribution in [1.29, 1.82) is 0 Å². The number of ether oxygens (including phenoxy) is 2. The van der Waals surface area contributed by atoms with E-state index in [9.17, 15) is 4.79 Å². The second-order valence-electron chi connectivity index (χ2n) is 3.33. The summed E-state index contributed by atoms with van der Waals surface area (Å²) in [4.78, 5) is 10.8. The average Bonchev–Trinajstić information content (AvgIpc) is 2.28. The summed E-state index contributed by atoms with van der Waals surface area (Å²) in [6.07, 6.45) is 1.16.